The highest BCUT2D eigenvalue weighted by Gasteiger charge is 2.29. The molecule has 2 aliphatic rings. The van der Waals surface area contributed by atoms with Gasteiger partial charge in [-0.25, -0.2) is 0 Å². The molecule has 2 saturated heterocycles. The Hall–Kier alpha value is -1.79. The molecule has 6 heteroatoms. The monoisotopic (exact) mass is 388 g/mol. The number of carbonyl (C=O) groups excluding carboxylic acids is 1. The van der Waals surface area contributed by atoms with E-state index in [-0.39, 0.29) is 11.9 Å². The first kappa shape index (κ1) is 20.9. The number of likely N-dealkylation sites (N-methyl/N-ethyl adjacent to an activating group) is 1. The summed E-state index contributed by atoms with van der Waals surface area (Å²) < 4.78 is 5.26. The van der Waals surface area contributed by atoms with Crippen molar-refractivity contribution in [3.05, 3.63) is 24.3 Å². The summed E-state index contributed by atoms with van der Waals surface area (Å²) in [5, 5.41) is 0. The molecule has 0 bridgehead atoms. The second kappa shape index (κ2) is 9.61. The molecular formula is C22H36N4O2. The maximum Gasteiger partial charge on any atom is 0.236 e. The minimum atomic E-state index is 0.236. The van der Waals surface area contributed by atoms with Gasteiger partial charge in [0.05, 0.1) is 13.7 Å². The molecule has 2 fully saturated rings. The Morgan fingerprint density at radius 2 is 1.82 bits per heavy atom. The number of piperazine rings is 1. The van der Waals surface area contributed by atoms with Crippen LogP contribution in [0.25, 0.3) is 0 Å². The molecule has 0 saturated carbocycles. The van der Waals surface area contributed by atoms with Crippen molar-refractivity contribution in [2.24, 2.45) is 0 Å². The van der Waals surface area contributed by atoms with Gasteiger partial charge in [0, 0.05) is 57.5 Å². The molecule has 1 aromatic rings. The van der Waals surface area contributed by atoms with Gasteiger partial charge in [-0.15, -0.1) is 0 Å². The molecule has 1 atom stereocenters. The van der Waals surface area contributed by atoms with E-state index in [4.69, 9.17) is 4.74 Å². The Labute approximate surface area is 170 Å². The molecule has 0 radical (unpaired) electrons. The summed E-state index contributed by atoms with van der Waals surface area (Å²) in [6, 6.07) is 9.20. The van der Waals surface area contributed by atoms with E-state index in [1.54, 1.807) is 7.11 Å². The number of piperidine rings is 1. The van der Waals surface area contributed by atoms with E-state index in [0.717, 1.165) is 45.0 Å². The highest BCUT2D eigenvalue weighted by atomic mass is 16.5. The SMILES string of the molecule is COc1ccc(N2CCN([C@@H]3CCCN(CC(=O)N(C)C(C)C)C3)CC2)cc1. The number of benzene rings is 1. The number of amides is 1. The molecule has 0 spiro atoms. The van der Waals surface area contributed by atoms with Gasteiger partial charge in [-0.3, -0.25) is 14.6 Å². The molecular weight excluding hydrogens is 352 g/mol. The van der Waals surface area contributed by atoms with E-state index < -0.39 is 0 Å². The minimum absolute atomic E-state index is 0.236. The van der Waals surface area contributed by atoms with Gasteiger partial charge in [0.15, 0.2) is 0 Å². The second-order valence-corrected chi connectivity index (χ2v) is 8.35. The van der Waals surface area contributed by atoms with Crippen LogP contribution in [-0.2, 0) is 4.79 Å². The Morgan fingerprint density at radius 1 is 1.14 bits per heavy atom. The van der Waals surface area contributed by atoms with Crippen molar-refractivity contribution in [2.75, 3.05) is 64.9 Å². The fourth-order valence-electron chi connectivity index (χ4n) is 4.20. The summed E-state index contributed by atoms with van der Waals surface area (Å²) in [5.41, 5.74) is 1.27. The smallest absolute Gasteiger partial charge is 0.236 e. The number of hydrogen-bond acceptors (Lipinski definition) is 5. The maximum atomic E-state index is 12.4. The lowest BCUT2D eigenvalue weighted by Gasteiger charge is -2.44. The highest BCUT2D eigenvalue weighted by Crippen LogP contribution is 2.23. The summed E-state index contributed by atoms with van der Waals surface area (Å²) in [4.78, 5) is 21.7. The number of rotatable bonds is 6. The number of anilines is 1. The quantitative estimate of drug-likeness (QED) is 0.747. The van der Waals surface area contributed by atoms with E-state index in [0.29, 0.717) is 12.6 Å². The molecule has 0 aromatic heterocycles. The zero-order chi connectivity index (χ0) is 20.1. The number of ether oxygens (including phenoxy) is 1. The Balaban J connectivity index is 1.49. The largest absolute Gasteiger partial charge is 0.497 e. The van der Waals surface area contributed by atoms with E-state index >= 15 is 0 Å². The van der Waals surface area contributed by atoms with Gasteiger partial charge in [-0.1, -0.05) is 0 Å². The van der Waals surface area contributed by atoms with Crippen LogP contribution in [0.5, 0.6) is 5.75 Å². The van der Waals surface area contributed by atoms with Crippen LogP contribution in [0.2, 0.25) is 0 Å². The molecule has 0 N–H and O–H groups in total. The predicted octanol–water partition coefficient (Wildman–Crippen LogP) is 2.15. The summed E-state index contributed by atoms with van der Waals surface area (Å²) in [5.74, 6) is 1.14. The second-order valence-electron chi connectivity index (χ2n) is 8.35. The van der Waals surface area contributed by atoms with Gasteiger partial charge in [-0.05, 0) is 57.5 Å². The van der Waals surface area contributed by atoms with Crippen LogP contribution in [0.15, 0.2) is 24.3 Å². The fraction of sp³-hybridized carbons (Fsp3) is 0.682. The number of carbonyl (C=O) groups is 1. The maximum absolute atomic E-state index is 12.4. The zero-order valence-electron chi connectivity index (χ0n) is 17.9. The summed E-state index contributed by atoms with van der Waals surface area (Å²) in [7, 11) is 3.61. The van der Waals surface area contributed by atoms with Gasteiger partial charge in [0.1, 0.15) is 5.75 Å². The molecule has 3 rings (SSSR count). The van der Waals surface area contributed by atoms with E-state index in [9.17, 15) is 4.79 Å². The minimum Gasteiger partial charge on any atom is -0.497 e. The van der Waals surface area contributed by atoms with Crippen molar-refractivity contribution in [3.63, 3.8) is 0 Å². The van der Waals surface area contributed by atoms with Crippen molar-refractivity contribution in [1.82, 2.24) is 14.7 Å². The van der Waals surface area contributed by atoms with Crippen molar-refractivity contribution in [2.45, 2.75) is 38.8 Å². The average Bonchev–Trinajstić information content (AvgIpc) is 2.73. The summed E-state index contributed by atoms with van der Waals surface area (Å²) >= 11 is 0. The highest BCUT2D eigenvalue weighted by molar-refractivity contribution is 5.78. The summed E-state index contributed by atoms with van der Waals surface area (Å²) in [6.45, 7) is 11.0. The normalized spacial score (nSPS) is 21.8. The molecule has 0 unspecified atom stereocenters. The molecule has 2 heterocycles. The molecule has 156 valence electrons. The standard InChI is InChI=1S/C22H36N4O2/c1-18(2)23(3)22(27)17-24-11-5-6-20(16-24)26-14-12-25(13-15-26)19-7-9-21(28-4)10-8-19/h7-10,18,20H,5-6,11-17H2,1-4H3/t20-/m1/s1. The Kier molecular flexibility index (Phi) is 7.18. The van der Waals surface area contributed by atoms with Gasteiger partial charge in [-0.2, -0.15) is 0 Å². The number of methoxy groups -OCH3 is 1. The summed E-state index contributed by atoms with van der Waals surface area (Å²) in [6.07, 6.45) is 2.43. The molecule has 6 nitrogen and oxygen atoms in total. The first-order valence-corrected chi connectivity index (χ1v) is 10.6. The van der Waals surface area contributed by atoms with Gasteiger partial charge in [0.25, 0.3) is 0 Å². The van der Waals surface area contributed by atoms with E-state index in [1.165, 1.54) is 18.5 Å². The van der Waals surface area contributed by atoms with Crippen LogP contribution in [-0.4, -0.2) is 92.7 Å². The lowest BCUT2D eigenvalue weighted by molar-refractivity contribution is -0.133. The third-order valence-electron chi connectivity index (χ3n) is 6.28. The lowest BCUT2D eigenvalue weighted by atomic mass is 10.0. The van der Waals surface area contributed by atoms with Crippen molar-refractivity contribution in [1.29, 1.82) is 0 Å². The van der Waals surface area contributed by atoms with Gasteiger partial charge >= 0.3 is 0 Å². The first-order valence-electron chi connectivity index (χ1n) is 10.6. The third-order valence-corrected chi connectivity index (χ3v) is 6.28. The van der Waals surface area contributed by atoms with E-state index in [1.807, 2.05) is 24.1 Å². The van der Waals surface area contributed by atoms with E-state index in [2.05, 4.69) is 40.7 Å². The molecule has 2 aliphatic heterocycles. The van der Waals surface area contributed by atoms with Crippen molar-refractivity contribution in [3.8, 4) is 5.75 Å². The topological polar surface area (TPSA) is 39.3 Å². The van der Waals surface area contributed by atoms with Crippen LogP contribution in [0, 0.1) is 0 Å². The molecule has 1 amide bonds. The number of nitrogens with zero attached hydrogens (tertiary/aromatic N) is 4. The fourth-order valence-corrected chi connectivity index (χ4v) is 4.20. The molecule has 0 aliphatic carbocycles. The van der Waals surface area contributed by atoms with Crippen LogP contribution in [0.4, 0.5) is 5.69 Å². The Morgan fingerprint density at radius 3 is 2.43 bits per heavy atom. The first-order chi connectivity index (χ1) is 13.5. The molecule has 1 aromatic carbocycles. The van der Waals surface area contributed by atoms with Crippen LogP contribution < -0.4 is 9.64 Å². The zero-order valence-corrected chi connectivity index (χ0v) is 17.9. The molecule has 28 heavy (non-hydrogen) atoms. The number of hydrogen-bond donors (Lipinski definition) is 0. The third kappa shape index (κ3) is 5.17. The van der Waals surface area contributed by atoms with Crippen LogP contribution >= 0.6 is 0 Å². The van der Waals surface area contributed by atoms with Gasteiger partial charge in [0.2, 0.25) is 5.91 Å². The lowest BCUT2D eigenvalue weighted by Crippen LogP contribution is -2.56. The van der Waals surface area contributed by atoms with Crippen LogP contribution in [0.1, 0.15) is 26.7 Å². The van der Waals surface area contributed by atoms with Crippen molar-refractivity contribution < 1.29 is 9.53 Å². The van der Waals surface area contributed by atoms with Crippen molar-refractivity contribution >= 4 is 11.6 Å². The number of likely N-dealkylation sites (tertiary alicyclic amines) is 1. The predicted molar refractivity (Wildman–Crippen MR) is 114 cm³/mol. The van der Waals surface area contributed by atoms with Crippen LogP contribution in [0.3, 0.4) is 0 Å². The van der Waals surface area contributed by atoms with Gasteiger partial charge < -0.3 is 14.5 Å². The average molecular weight is 389 g/mol. The Bertz CT molecular complexity index is 626.